The lowest BCUT2D eigenvalue weighted by Crippen LogP contribution is -2.25. The fraction of sp³-hybridized carbons (Fsp3) is 0.100. The van der Waals surface area contributed by atoms with Gasteiger partial charge in [-0.05, 0) is 35.9 Å². The second-order valence-electron chi connectivity index (χ2n) is 6.31. The number of rotatable bonds is 3. The lowest BCUT2D eigenvalue weighted by atomic mass is 9.88. The lowest BCUT2D eigenvalue weighted by molar-refractivity contribution is -0.116. The third kappa shape index (κ3) is 2.97. The van der Waals surface area contributed by atoms with Gasteiger partial charge in [0.2, 0.25) is 5.91 Å². The summed E-state index contributed by atoms with van der Waals surface area (Å²) in [7, 11) is 0. The molecular weight excluding hydrogens is 354 g/mol. The first-order chi connectivity index (χ1) is 12.9. The summed E-state index contributed by atoms with van der Waals surface area (Å²) in [5.74, 6) is -2.92. The number of aromatic carboxylic acids is 1. The first-order valence-corrected chi connectivity index (χ1v) is 8.24. The van der Waals surface area contributed by atoms with Crippen LogP contribution in [-0.4, -0.2) is 21.6 Å². The summed E-state index contributed by atoms with van der Waals surface area (Å²) < 4.78 is 28.6. The number of nitrogens with zero attached hydrogens (tertiary/aromatic N) is 1. The van der Waals surface area contributed by atoms with Crippen molar-refractivity contribution < 1.29 is 23.5 Å². The number of nitrogens with one attached hydrogen (secondary N) is 1. The van der Waals surface area contributed by atoms with Crippen LogP contribution in [-0.2, 0) is 4.79 Å². The number of amides is 1. The van der Waals surface area contributed by atoms with Gasteiger partial charge in [-0.25, -0.2) is 13.6 Å². The van der Waals surface area contributed by atoms with Crippen LogP contribution in [0.3, 0.4) is 0 Å². The largest absolute Gasteiger partial charge is 0.478 e. The van der Waals surface area contributed by atoms with Crippen molar-refractivity contribution >= 4 is 17.6 Å². The van der Waals surface area contributed by atoms with Crippen LogP contribution in [0.15, 0.2) is 54.7 Å². The van der Waals surface area contributed by atoms with Crippen molar-refractivity contribution in [3.05, 3.63) is 83.2 Å². The first kappa shape index (κ1) is 17.0. The van der Waals surface area contributed by atoms with E-state index >= 15 is 0 Å². The zero-order valence-corrected chi connectivity index (χ0v) is 13.9. The summed E-state index contributed by atoms with van der Waals surface area (Å²) in [4.78, 5) is 23.9. The predicted octanol–water partition coefficient (Wildman–Crippen LogP) is 3.93. The van der Waals surface area contributed by atoms with E-state index in [9.17, 15) is 23.5 Å². The molecule has 5 nitrogen and oxygen atoms in total. The minimum absolute atomic E-state index is 0.0665. The molecule has 7 heteroatoms. The minimum Gasteiger partial charge on any atom is -0.478 e. The maximum Gasteiger partial charge on any atom is 0.339 e. The molecule has 0 saturated heterocycles. The van der Waals surface area contributed by atoms with E-state index in [1.807, 2.05) is 0 Å². The zero-order valence-electron chi connectivity index (χ0n) is 13.9. The van der Waals surface area contributed by atoms with Gasteiger partial charge in [-0.1, -0.05) is 18.2 Å². The molecule has 1 atom stereocenters. The highest BCUT2D eigenvalue weighted by molar-refractivity contribution is 6.04. The average molecular weight is 368 g/mol. The fourth-order valence-electron chi connectivity index (χ4n) is 3.44. The van der Waals surface area contributed by atoms with Crippen molar-refractivity contribution in [3.8, 4) is 5.69 Å². The van der Waals surface area contributed by atoms with Gasteiger partial charge in [0.1, 0.15) is 17.2 Å². The van der Waals surface area contributed by atoms with Gasteiger partial charge in [0.15, 0.2) is 0 Å². The lowest BCUT2D eigenvalue weighted by Gasteiger charge is -2.26. The highest BCUT2D eigenvalue weighted by atomic mass is 19.1. The van der Waals surface area contributed by atoms with E-state index in [2.05, 4.69) is 5.32 Å². The SMILES string of the molecule is O=C1CC(c2ccc(F)cc2)c2c(c(C(=O)O)cn2-c2cccc(F)c2)N1. The molecule has 0 saturated carbocycles. The smallest absolute Gasteiger partial charge is 0.339 e. The second kappa shape index (κ2) is 6.35. The molecule has 4 rings (SSSR count). The van der Waals surface area contributed by atoms with E-state index in [1.54, 1.807) is 22.8 Å². The predicted molar refractivity (Wildman–Crippen MR) is 94.2 cm³/mol. The molecule has 0 spiro atoms. The molecule has 1 aliphatic heterocycles. The van der Waals surface area contributed by atoms with E-state index < -0.39 is 23.5 Å². The van der Waals surface area contributed by atoms with E-state index in [1.165, 1.54) is 36.5 Å². The van der Waals surface area contributed by atoms with Gasteiger partial charge in [0, 0.05) is 24.2 Å². The van der Waals surface area contributed by atoms with Crippen LogP contribution in [0.25, 0.3) is 5.69 Å². The molecule has 0 radical (unpaired) electrons. The Morgan fingerprint density at radius 2 is 1.85 bits per heavy atom. The Hall–Kier alpha value is -3.48. The Labute approximate surface area is 152 Å². The number of aromatic nitrogens is 1. The van der Waals surface area contributed by atoms with Crippen molar-refractivity contribution in [2.45, 2.75) is 12.3 Å². The topological polar surface area (TPSA) is 71.3 Å². The Balaban J connectivity index is 1.97. The van der Waals surface area contributed by atoms with Gasteiger partial charge < -0.3 is 15.0 Å². The maximum atomic E-state index is 13.7. The molecule has 0 fully saturated rings. The summed E-state index contributed by atoms with van der Waals surface area (Å²) in [6, 6.07) is 11.4. The molecule has 1 unspecified atom stereocenters. The van der Waals surface area contributed by atoms with Crippen LogP contribution in [0.1, 0.15) is 34.0 Å². The van der Waals surface area contributed by atoms with Gasteiger partial charge in [0.25, 0.3) is 0 Å². The standard InChI is InChI=1S/C20H14F2N2O3/c21-12-6-4-11(5-7-12)15-9-17(25)23-18-16(20(26)27)10-24(19(15)18)14-3-1-2-13(22)8-14/h1-8,10,15H,9H2,(H,23,25)(H,26,27). The molecule has 2 aromatic carbocycles. The number of benzene rings is 2. The third-order valence-corrected chi connectivity index (χ3v) is 4.62. The molecule has 136 valence electrons. The second-order valence-corrected chi connectivity index (χ2v) is 6.31. The third-order valence-electron chi connectivity index (χ3n) is 4.62. The Morgan fingerprint density at radius 1 is 1.11 bits per heavy atom. The quantitative estimate of drug-likeness (QED) is 0.736. The molecule has 2 heterocycles. The number of carboxylic acid groups (broad SMARTS) is 1. The van der Waals surface area contributed by atoms with E-state index in [0.29, 0.717) is 16.9 Å². The van der Waals surface area contributed by atoms with Crippen LogP contribution in [0.4, 0.5) is 14.5 Å². The van der Waals surface area contributed by atoms with Gasteiger partial charge in [-0.15, -0.1) is 0 Å². The van der Waals surface area contributed by atoms with Crippen LogP contribution in [0, 0.1) is 11.6 Å². The van der Waals surface area contributed by atoms with Crippen molar-refractivity contribution in [2.24, 2.45) is 0 Å². The number of carboxylic acids is 1. The maximum absolute atomic E-state index is 13.7. The molecule has 2 N–H and O–H groups in total. The van der Waals surface area contributed by atoms with Crippen molar-refractivity contribution in [3.63, 3.8) is 0 Å². The van der Waals surface area contributed by atoms with Gasteiger partial charge in [-0.3, -0.25) is 4.79 Å². The number of hydrogen-bond acceptors (Lipinski definition) is 2. The van der Waals surface area contributed by atoms with Crippen molar-refractivity contribution in [1.82, 2.24) is 4.57 Å². The van der Waals surface area contributed by atoms with Gasteiger partial charge in [-0.2, -0.15) is 0 Å². The van der Waals surface area contributed by atoms with Crippen molar-refractivity contribution in [2.75, 3.05) is 5.32 Å². The summed E-state index contributed by atoms with van der Waals surface area (Å²) in [5, 5.41) is 12.2. The van der Waals surface area contributed by atoms with Gasteiger partial charge >= 0.3 is 5.97 Å². The number of fused-ring (bicyclic) bond motifs is 1. The Morgan fingerprint density at radius 3 is 2.52 bits per heavy atom. The molecule has 0 aliphatic carbocycles. The van der Waals surface area contributed by atoms with Crippen LogP contribution in [0.5, 0.6) is 0 Å². The minimum atomic E-state index is -1.21. The monoisotopic (exact) mass is 368 g/mol. The van der Waals surface area contributed by atoms with Gasteiger partial charge in [0.05, 0.1) is 11.4 Å². The van der Waals surface area contributed by atoms with Crippen molar-refractivity contribution in [1.29, 1.82) is 0 Å². The number of anilines is 1. The number of carbonyl (C=O) groups is 2. The molecule has 1 aliphatic rings. The molecule has 3 aromatic rings. The van der Waals surface area contributed by atoms with Crippen LogP contribution < -0.4 is 5.32 Å². The van der Waals surface area contributed by atoms with E-state index in [4.69, 9.17) is 0 Å². The molecule has 1 aromatic heterocycles. The molecule has 27 heavy (non-hydrogen) atoms. The summed E-state index contributed by atoms with van der Waals surface area (Å²) in [6.45, 7) is 0. The average Bonchev–Trinajstić information content (AvgIpc) is 3.01. The van der Waals surface area contributed by atoms with E-state index in [-0.39, 0.29) is 23.6 Å². The number of halogens is 2. The van der Waals surface area contributed by atoms with Crippen LogP contribution in [0.2, 0.25) is 0 Å². The Bertz CT molecular complexity index is 1060. The summed E-state index contributed by atoms with van der Waals surface area (Å²) in [5.41, 5.74) is 1.71. The number of hydrogen-bond donors (Lipinski definition) is 2. The Kier molecular flexibility index (Phi) is 3.99. The summed E-state index contributed by atoms with van der Waals surface area (Å²) in [6.07, 6.45) is 1.43. The molecule has 0 bridgehead atoms. The van der Waals surface area contributed by atoms with Crippen LogP contribution >= 0.6 is 0 Å². The highest BCUT2D eigenvalue weighted by Gasteiger charge is 2.34. The van der Waals surface area contributed by atoms with E-state index in [0.717, 1.165) is 0 Å². The zero-order chi connectivity index (χ0) is 19.1. The first-order valence-electron chi connectivity index (χ1n) is 8.24. The molecule has 1 amide bonds. The normalized spacial score (nSPS) is 15.9. The molecular formula is C20H14F2N2O3. The number of carbonyl (C=O) groups excluding carboxylic acids is 1. The fourth-order valence-corrected chi connectivity index (χ4v) is 3.44. The highest BCUT2D eigenvalue weighted by Crippen LogP contribution is 2.41. The summed E-state index contributed by atoms with van der Waals surface area (Å²) >= 11 is 0.